The molecule has 9 heteroatoms. The minimum absolute atomic E-state index is 0.0573. The Labute approximate surface area is 166 Å². The van der Waals surface area contributed by atoms with Crippen molar-refractivity contribution in [2.24, 2.45) is 0 Å². The Morgan fingerprint density at radius 3 is 2.70 bits per heavy atom. The van der Waals surface area contributed by atoms with E-state index in [1.165, 1.54) is 0 Å². The minimum Gasteiger partial charge on any atom is -0.378 e. The molecule has 0 radical (unpaired) electrons. The zero-order valence-electron chi connectivity index (χ0n) is 15.0. The van der Waals surface area contributed by atoms with E-state index in [0.29, 0.717) is 53.7 Å². The number of anilines is 1. The number of carbonyl (C=O) groups excluding carboxylic acids is 1. The van der Waals surface area contributed by atoms with E-state index in [4.69, 9.17) is 27.9 Å². The Hall–Kier alpha value is -2.09. The highest BCUT2D eigenvalue weighted by Crippen LogP contribution is 2.39. The number of aryl methyl sites for hydroxylation is 1. The van der Waals surface area contributed by atoms with Crippen molar-refractivity contribution in [3.05, 3.63) is 50.9 Å². The van der Waals surface area contributed by atoms with Gasteiger partial charge in [0, 0.05) is 34.4 Å². The highest BCUT2D eigenvalue weighted by molar-refractivity contribution is 6.35. The van der Waals surface area contributed by atoms with Crippen LogP contribution in [0, 0.1) is 6.92 Å². The molecule has 0 aliphatic carbocycles. The molecule has 0 saturated carbocycles. The third kappa shape index (κ3) is 3.31. The number of nitrogens with one attached hydrogen (secondary N) is 1. The van der Waals surface area contributed by atoms with Gasteiger partial charge in [0.2, 0.25) is 5.95 Å². The fourth-order valence-electron chi connectivity index (χ4n) is 3.48. The van der Waals surface area contributed by atoms with Crippen LogP contribution in [-0.2, 0) is 9.53 Å². The molecular formula is C18H19Cl2N5O2. The first-order chi connectivity index (χ1) is 13.0. The third-order valence-electron chi connectivity index (χ3n) is 4.74. The highest BCUT2D eigenvalue weighted by Gasteiger charge is 2.37. The highest BCUT2D eigenvalue weighted by atomic mass is 35.5. The number of carbonyl (C=O) groups is 1. The molecule has 142 valence electrons. The van der Waals surface area contributed by atoms with Crippen LogP contribution in [-0.4, -0.2) is 51.9 Å². The van der Waals surface area contributed by atoms with E-state index in [1.54, 1.807) is 21.7 Å². The van der Waals surface area contributed by atoms with E-state index in [-0.39, 0.29) is 5.91 Å². The van der Waals surface area contributed by atoms with Gasteiger partial charge in [0.05, 0.1) is 18.8 Å². The van der Waals surface area contributed by atoms with Gasteiger partial charge in [0.1, 0.15) is 11.9 Å². The summed E-state index contributed by atoms with van der Waals surface area (Å²) < 4.78 is 7.09. The summed E-state index contributed by atoms with van der Waals surface area (Å²) in [5.41, 5.74) is 2.09. The fourth-order valence-corrected chi connectivity index (χ4v) is 3.99. The van der Waals surface area contributed by atoms with Crippen LogP contribution in [0.5, 0.6) is 0 Å². The second-order valence-corrected chi connectivity index (χ2v) is 7.41. The van der Waals surface area contributed by atoms with E-state index in [9.17, 15) is 4.79 Å². The number of halogens is 2. The molecule has 1 aromatic carbocycles. The van der Waals surface area contributed by atoms with Crippen LogP contribution in [0.2, 0.25) is 10.0 Å². The molecule has 1 amide bonds. The molecule has 0 bridgehead atoms. The van der Waals surface area contributed by atoms with E-state index in [2.05, 4.69) is 15.4 Å². The van der Waals surface area contributed by atoms with Crippen molar-refractivity contribution in [3.8, 4) is 0 Å². The lowest BCUT2D eigenvalue weighted by molar-refractivity contribution is -0.131. The predicted molar refractivity (Wildman–Crippen MR) is 103 cm³/mol. The largest absolute Gasteiger partial charge is 0.378 e. The number of morpholine rings is 1. The topological polar surface area (TPSA) is 72.3 Å². The summed E-state index contributed by atoms with van der Waals surface area (Å²) in [7, 11) is 0. The van der Waals surface area contributed by atoms with Gasteiger partial charge in [0.15, 0.2) is 0 Å². The van der Waals surface area contributed by atoms with Crippen LogP contribution in [0.1, 0.15) is 24.4 Å². The molecule has 2 aliphatic heterocycles. The van der Waals surface area contributed by atoms with Gasteiger partial charge in [0.25, 0.3) is 5.91 Å². The lowest BCUT2D eigenvalue weighted by atomic mass is 9.94. The standard InChI is InChI=1S/C18H19Cl2N5O2/c1-10-15(17(26)24-5-7-27-8-6-24)16(13-4-3-12(19)9-14(13)20)25-18(21-10)22-11(2)23-25/h3-4,9,16H,5-8H2,1-2H3,(H,21,22,23)/t16-/m0/s1. The number of hydrogen-bond donors (Lipinski definition) is 1. The molecule has 0 unspecified atom stereocenters. The number of benzene rings is 1. The summed E-state index contributed by atoms with van der Waals surface area (Å²) in [6.45, 7) is 5.86. The maximum Gasteiger partial charge on any atom is 0.254 e. The summed E-state index contributed by atoms with van der Waals surface area (Å²) in [5.74, 6) is 1.14. The van der Waals surface area contributed by atoms with Crippen molar-refractivity contribution in [3.63, 3.8) is 0 Å². The van der Waals surface area contributed by atoms with Crippen molar-refractivity contribution in [2.75, 3.05) is 31.6 Å². The number of hydrogen-bond acceptors (Lipinski definition) is 5. The molecule has 0 spiro atoms. The molecule has 1 N–H and O–H groups in total. The quantitative estimate of drug-likeness (QED) is 0.827. The van der Waals surface area contributed by atoms with E-state index in [0.717, 1.165) is 11.3 Å². The van der Waals surface area contributed by atoms with Gasteiger partial charge in [-0.3, -0.25) is 4.79 Å². The van der Waals surface area contributed by atoms with Gasteiger partial charge in [-0.15, -0.1) is 0 Å². The minimum atomic E-state index is -0.484. The fraction of sp³-hybridized carbons (Fsp3) is 0.389. The lowest BCUT2D eigenvalue weighted by Crippen LogP contribution is -2.44. The lowest BCUT2D eigenvalue weighted by Gasteiger charge is -2.34. The molecule has 2 aromatic rings. The van der Waals surface area contributed by atoms with Gasteiger partial charge in [-0.25, -0.2) is 4.68 Å². The van der Waals surface area contributed by atoms with Gasteiger partial charge >= 0.3 is 0 Å². The first-order valence-corrected chi connectivity index (χ1v) is 9.44. The molecule has 2 aliphatic rings. The third-order valence-corrected chi connectivity index (χ3v) is 5.31. The summed E-state index contributed by atoms with van der Waals surface area (Å²) in [6.07, 6.45) is 0. The first kappa shape index (κ1) is 18.3. The summed E-state index contributed by atoms with van der Waals surface area (Å²) in [5, 5.41) is 8.73. The number of nitrogens with zero attached hydrogens (tertiary/aromatic N) is 4. The molecule has 4 rings (SSSR count). The Bertz CT molecular complexity index is 934. The zero-order valence-corrected chi connectivity index (χ0v) is 16.5. The van der Waals surface area contributed by atoms with Crippen LogP contribution >= 0.6 is 23.2 Å². The predicted octanol–water partition coefficient (Wildman–Crippen LogP) is 3.04. The Morgan fingerprint density at radius 2 is 2.00 bits per heavy atom. The van der Waals surface area contributed by atoms with Crippen molar-refractivity contribution < 1.29 is 9.53 Å². The maximum absolute atomic E-state index is 13.4. The normalized spacial score (nSPS) is 19.7. The van der Waals surface area contributed by atoms with Gasteiger partial charge in [-0.2, -0.15) is 10.1 Å². The van der Waals surface area contributed by atoms with E-state index >= 15 is 0 Å². The Kier molecular flexibility index (Phi) is 4.84. The molecule has 1 atom stereocenters. The van der Waals surface area contributed by atoms with Crippen LogP contribution < -0.4 is 5.32 Å². The average Bonchev–Trinajstić information content (AvgIpc) is 3.01. The summed E-state index contributed by atoms with van der Waals surface area (Å²) >= 11 is 12.6. The second-order valence-electron chi connectivity index (χ2n) is 6.56. The zero-order chi connectivity index (χ0) is 19.1. The Morgan fingerprint density at radius 1 is 1.26 bits per heavy atom. The van der Waals surface area contributed by atoms with E-state index in [1.807, 2.05) is 19.9 Å². The number of ether oxygens (including phenoxy) is 1. The SMILES string of the molecule is CC1=C(C(=O)N2CCOCC2)[C@H](c2ccc(Cl)cc2Cl)n2nc(C)nc2N1. The van der Waals surface area contributed by atoms with Gasteiger partial charge in [-0.1, -0.05) is 29.3 Å². The molecule has 1 aromatic heterocycles. The van der Waals surface area contributed by atoms with Gasteiger partial charge < -0.3 is 15.0 Å². The number of allylic oxidation sites excluding steroid dienone is 1. The van der Waals surface area contributed by atoms with Crippen molar-refractivity contribution in [2.45, 2.75) is 19.9 Å². The van der Waals surface area contributed by atoms with Crippen molar-refractivity contribution >= 4 is 35.1 Å². The number of fused-ring (bicyclic) bond motifs is 1. The smallest absolute Gasteiger partial charge is 0.254 e. The monoisotopic (exact) mass is 407 g/mol. The van der Waals surface area contributed by atoms with Crippen molar-refractivity contribution in [1.29, 1.82) is 0 Å². The molecule has 7 nitrogen and oxygen atoms in total. The van der Waals surface area contributed by atoms with E-state index < -0.39 is 6.04 Å². The second kappa shape index (κ2) is 7.14. The average molecular weight is 408 g/mol. The number of rotatable bonds is 2. The first-order valence-electron chi connectivity index (χ1n) is 8.68. The van der Waals surface area contributed by atoms with Crippen LogP contribution in [0.15, 0.2) is 29.5 Å². The van der Waals surface area contributed by atoms with Crippen LogP contribution in [0.4, 0.5) is 5.95 Å². The molecule has 1 fully saturated rings. The van der Waals surface area contributed by atoms with Crippen LogP contribution in [0.3, 0.4) is 0 Å². The molecule has 27 heavy (non-hydrogen) atoms. The Balaban J connectivity index is 1.85. The molecular weight excluding hydrogens is 389 g/mol. The van der Waals surface area contributed by atoms with Crippen molar-refractivity contribution in [1.82, 2.24) is 19.7 Å². The summed E-state index contributed by atoms with van der Waals surface area (Å²) in [4.78, 5) is 19.6. The number of aromatic nitrogens is 3. The molecule has 1 saturated heterocycles. The molecule has 3 heterocycles. The van der Waals surface area contributed by atoms with Crippen LogP contribution in [0.25, 0.3) is 0 Å². The maximum atomic E-state index is 13.4. The number of amides is 1. The summed E-state index contributed by atoms with van der Waals surface area (Å²) in [6, 6.07) is 4.79. The van der Waals surface area contributed by atoms with Gasteiger partial charge in [-0.05, 0) is 26.0 Å².